The van der Waals surface area contributed by atoms with Crippen molar-refractivity contribution in [1.82, 2.24) is 0 Å². The molecule has 0 aliphatic rings. The zero-order chi connectivity index (χ0) is 13.5. The molecular formula is C16H26O2. The molecule has 0 aliphatic carbocycles. The Kier molecular flexibility index (Phi) is 6.37. The van der Waals surface area contributed by atoms with Crippen molar-refractivity contribution in [2.45, 2.75) is 58.5 Å². The van der Waals surface area contributed by atoms with Crippen molar-refractivity contribution in [1.29, 1.82) is 0 Å². The first-order valence-electron chi connectivity index (χ1n) is 7.06. The molecule has 0 aromatic heterocycles. The van der Waals surface area contributed by atoms with Gasteiger partial charge in [0.2, 0.25) is 0 Å². The first-order valence-corrected chi connectivity index (χ1v) is 7.06. The van der Waals surface area contributed by atoms with Crippen molar-refractivity contribution in [2.24, 2.45) is 0 Å². The second-order valence-electron chi connectivity index (χ2n) is 4.92. The molecule has 0 spiro atoms. The molecule has 1 aromatic carbocycles. The molecule has 2 nitrogen and oxygen atoms in total. The molecule has 18 heavy (non-hydrogen) atoms. The van der Waals surface area contributed by atoms with E-state index in [0.29, 0.717) is 12.3 Å². The van der Waals surface area contributed by atoms with Crippen molar-refractivity contribution in [3.8, 4) is 0 Å². The van der Waals surface area contributed by atoms with Gasteiger partial charge in [-0.15, -0.1) is 0 Å². The van der Waals surface area contributed by atoms with Crippen molar-refractivity contribution >= 4 is 0 Å². The van der Waals surface area contributed by atoms with E-state index in [0.717, 1.165) is 19.3 Å². The number of aliphatic hydroxyl groups is 2. The molecule has 2 heteroatoms. The molecule has 2 atom stereocenters. The van der Waals surface area contributed by atoms with Crippen molar-refractivity contribution in [3.63, 3.8) is 0 Å². The van der Waals surface area contributed by atoms with Crippen LogP contribution in [0.2, 0.25) is 0 Å². The molecule has 0 aliphatic heterocycles. The fourth-order valence-corrected chi connectivity index (χ4v) is 2.48. The minimum atomic E-state index is -0.607. The monoisotopic (exact) mass is 250 g/mol. The molecule has 0 bridgehead atoms. The quantitative estimate of drug-likeness (QED) is 0.781. The molecule has 0 saturated heterocycles. The SMILES string of the molecule is CCc1ccc(CC)c(C(CC)CC(O)CO)c1. The third-order valence-corrected chi connectivity index (χ3v) is 3.70. The highest BCUT2D eigenvalue weighted by Crippen LogP contribution is 2.29. The van der Waals surface area contributed by atoms with Crippen LogP contribution in [0.5, 0.6) is 0 Å². The summed E-state index contributed by atoms with van der Waals surface area (Å²) in [5.41, 5.74) is 4.06. The topological polar surface area (TPSA) is 40.5 Å². The smallest absolute Gasteiger partial charge is 0.0776 e. The highest BCUT2D eigenvalue weighted by Gasteiger charge is 2.17. The normalized spacial score (nSPS) is 14.5. The van der Waals surface area contributed by atoms with E-state index < -0.39 is 6.10 Å². The van der Waals surface area contributed by atoms with Crippen LogP contribution in [0.15, 0.2) is 18.2 Å². The van der Waals surface area contributed by atoms with E-state index in [-0.39, 0.29) is 6.61 Å². The highest BCUT2D eigenvalue weighted by atomic mass is 16.3. The average molecular weight is 250 g/mol. The summed E-state index contributed by atoms with van der Waals surface area (Å²) in [4.78, 5) is 0. The van der Waals surface area contributed by atoms with Gasteiger partial charge in [0.25, 0.3) is 0 Å². The standard InChI is InChI=1S/C16H26O2/c1-4-12-7-8-13(5-2)16(9-12)14(6-3)10-15(18)11-17/h7-9,14-15,17-18H,4-6,10-11H2,1-3H3. The van der Waals surface area contributed by atoms with Crippen molar-refractivity contribution in [3.05, 3.63) is 34.9 Å². The maximum atomic E-state index is 9.66. The third kappa shape index (κ3) is 3.82. The van der Waals surface area contributed by atoms with Crippen molar-refractivity contribution < 1.29 is 10.2 Å². The minimum Gasteiger partial charge on any atom is -0.394 e. The maximum absolute atomic E-state index is 9.66. The van der Waals surface area contributed by atoms with E-state index in [1.807, 2.05) is 0 Å². The average Bonchev–Trinajstić information content (AvgIpc) is 2.43. The number of benzene rings is 1. The summed E-state index contributed by atoms with van der Waals surface area (Å²) in [6, 6.07) is 6.68. The van der Waals surface area contributed by atoms with Gasteiger partial charge in [-0.3, -0.25) is 0 Å². The second kappa shape index (κ2) is 7.55. The van der Waals surface area contributed by atoms with Gasteiger partial charge >= 0.3 is 0 Å². The van der Waals surface area contributed by atoms with Crippen LogP contribution in [0, 0.1) is 0 Å². The summed E-state index contributed by atoms with van der Waals surface area (Å²) < 4.78 is 0. The predicted molar refractivity (Wildman–Crippen MR) is 75.9 cm³/mol. The number of rotatable bonds is 7. The van der Waals surface area contributed by atoms with E-state index in [1.54, 1.807) is 0 Å². The maximum Gasteiger partial charge on any atom is 0.0776 e. The van der Waals surface area contributed by atoms with Gasteiger partial charge in [-0.05, 0) is 48.3 Å². The van der Waals surface area contributed by atoms with Gasteiger partial charge in [-0.1, -0.05) is 39.0 Å². The van der Waals surface area contributed by atoms with Crippen LogP contribution in [0.1, 0.15) is 56.2 Å². The predicted octanol–water partition coefficient (Wildman–Crippen LogP) is 3.05. The molecule has 102 valence electrons. The number of aliphatic hydroxyl groups excluding tert-OH is 2. The van der Waals surface area contributed by atoms with Crippen molar-refractivity contribution in [2.75, 3.05) is 6.61 Å². The fraction of sp³-hybridized carbons (Fsp3) is 0.625. The van der Waals surface area contributed by atoms with Crippen LogP contribution in [-0.2, 0) is 12.8 Å². The van der Waals surface area contributed by atoms with Gasteiger partial charge in [0, 0.05) is 0 Å². The van der Waals surface area contributed by atoms with Gasteiger partial charge in [-0.25, -0.2) is 0 Å². The molecule has 1 rings (SSSR count). The van der Waals surface area contributed by atoms with E-state index in [4.69, 9.17) is 5.11 Å². The molecule has 1 aromatic rings. The lowest BCUT2D eigenvalue weighted by Crippen LogP contribution is -2.17. The van der Waals surface area contributed by atoms with Gasteiger partial charge in [0.05, 0.1) is 12.7 Å². The fourth-order valence-electron chi connectivity index (χ4n) is 2.48. The summed E-state index contributed by atoms with van der Waals surface area (Å²) >= 11 is 0. The van der Waals surface area contributed by atoms with E-state index in [1.165, 1.54) is 16.7 Å². The van der Waals surface area contributed by atoms with Gasteiger partial charge < -0.3 is 10.2 Å². The Morgan fingerprint density at radius 3 is 2.33 bits per heavy atom. The third-order valence-electron chi connectivity index (χ3n) is 3.70. The summed E-state index contributed by atoms with van der Waals surface area (Å²) in [6.07, 6.45) is 3.09. The van der Waals surface area contributed by atoms with E-state index >= 15 is 0 Å². The number of aryl methyl sites for hydroxylation is 2. The summed E-state index contributed by atoms with van der Waals surface area (Å²) in [5.74, 6) is 0.341. The zero-order valence-corrected chi connectivity index (χ0v) is 11.8. The molecule has 0 saturated carbocycles. The number of hydrogen-bond acceptors (Lipinski definition) is 2. The van der Waals surface area contributed by atoms with E-state index in [9.17, 15) is 5.11 Å². The Morgan fingerprint density at radius 1 is 1.11 bits per heavy atom. The lowest BCUT2D eigenvalue weighted by atomic mass is 9.85. The Morgan fingerprint density at radius 2 is 1.83 bits per heavy atom. The first kappa shape index (κ1) is 15.2. The highest BCUT2D eigenvalue weighted by molar-refractivity contribution is 5.35. The van der Waals surface area contributed by atoms with Crippen LogP contribution >= 0.6 is 0 Å². The molecular weight excluding hydrogens is 224 g/mol. The Balaban J connectivity index is 3.01. The molecule has 0 radical (unpaired) electrons. The Bertz CT molecular complexity index is 360. The van der Waals surface area contributed by atoms with Crippen LogP contribution in [0.25, 0.3) is 0 Å². The van der Waals surface area contributed by atoms with Gasteiger partial charge in [0.1, 0.15) is 0 Å². The minimum absolute atomic E-state index is 0.147. The van der Waals surface area contributed by atoms with Gasteiger partial charge in [-0.2, -0.15) is 0 Å². The summed E-state index contributed by atoms with van der Waals surface area (Å²) in [7, 11) is 0. The summed E-state index contributed by atoms with van der Waals surface area (Å²) in [6.45, 7) is 6.33. The lowest BCUT2D eigenvalue weighted by Gasteiger charge is -2.21. The van der Waals surface area contributed by atoms with Crippen LogP contribution in [0.4, 0.5) is 0 Å². The van der Waals surface area contributed by atoms with E-state index in [2.05, 4.69) is 39.0 Å². The summed E-state index contributed by atoms with van der Waals surface area (Å²) in [5, 5.41) is 18.7. The van der Waals surface area contributed by atoms with Crippen LogP contribution in [0.3, 0.4) is 0 Å². The molecule has 0 heterocycles. The Labute approximate surface area is 111 Å². The van der Waals surface area contributed by atoms with Crippen LogP contribution in [-0.4, -0.2) is 22.9 Å². The largest absolute Gasteiger partial charge is 0.394 e. The molecule has 0 amide bonds. The van der Waals surface area contributed by atoms with Gasteiger partial charge in [0.15, 0.2) is 0 Å². The Hall–Kier alpha value is -0.860. The number of hydrogen-bond donors (Lipinski definition) is 2. The molecule has 2 unspecified atom stereocenters. The molecule has 2 N–H and O–H groups in total. The second-order valence-corrected chi connectivity index (χ2v) is 4.92. The molecule has 0 fully saturated rings. The lowest BCUT2D eigenvalue weighted by molar-refractivity contribution is 0.0817. The zero-order valence-electron chi connectivity index (χ0n) is 11.8. The van der Waals surface area contributed by atoms with Crippen LogP contribution < -0.4 is 0 Å². The first-order chi connectivity index (χ1) is 8.65.